The van der Waals surface area contributed by atoms with Gasteiger partial charge in [-0.25, -0.2) is 9.18 Å². The van der Waals surface area contributed by atoms with Crippen molar-refractivity contribution in [1.29, 1.82) is 0 Å². The van der Waals surface area contributed by atoms with E-state index in [2.05, 4.69) is 5.32 Å². The van der Waals surface area contributed by atoms with Crippen LogP contribution in [0.5, 0.6) is 5.75 Å². The van der Waals surface area contributed by atoms with E-state index in [1.165, 1.54) is 30.3 Å². The molecule has 7 N–H and O–H groups in total. The molecule has 0 spiro atoms. The Bertz CT molecular complexity index is 944. The Hall–Kier alpha value is -2.56. The van der Waals surface area contributed by atoms with Gasteiger partial charge in [-0.2, -0.15) is 0 Å². The van der Waals surface area contributed by atoms with Gasteiger partial charge in [0.05, 0.1) is 5.94 Å². The van der Waals surface area contributed by atoms with Gasteiger partial charge in [0.1, 0.15) is 23.2 Å². The SMILES string of the molecule is NC(C(=O)NC1Cc2ccc(F)c(C(=O)O)c2OB1O)c1ccc(P(O)O)cc1. The molecule has 12 heteroatoms. The van der Waals surface area contributed by atoms with E-state index in [-0.39, 0.29) is 12.2 Å². The number of carboxylic acids is 1. The molecule has 2 atom stereocenters. The van der Waals surface area contributed by atoms with E-state index in [0.29, 0.717) is 16.4 Å². The van der Waals surface area contributed by atoms with Crippen LogP contribution < -0.4 is 21.0 Å². The van der Waals surface area contributed by atoms with Gasteiger partial charge in [0, 0.05) is 5.30 Å². The zero-order valence-corrected chi connectivity index (χ0v) is 15.7. The van der Waals surface area contributed by atoms with Crippen LogP contribution in [0.4, 0.5) is 4.39 Å². The third-order valence-corrected chi connectivity index (χ3v) is 5.28. The normalized spacial score (nSPS) is 16.8. The topological polar surface area (TPSA) is 162 Å². The summed E-state index contributed by atoms with van der Waals surface area (Å²) in [6, 6.07) is 7.02. The zero-order valence-electron chi connectivity index (χ0n) is 14.8. The number of amides is 1. The van der Waals surface area contributed by atoms with E-state index in [1.807, 2.05) is 0 Å². The van der Waals surface area contributed by atoms with Gasteiger partial charge in [-0.05, 0) is 35.7 Å². The maximum Gasteiger partial charge on any atom is 0.547 e. The average molecular weight is 422 g/mol. The van der Waals surface area contributed by atoms with Crippen LogP contribution in [0.15, 0.2) is 36.4 Å². The highest BCUT2D eigenvalue weighted by Gasteiger charge is 2.39. The van der Waals surface area contributed by atoms with Crippen molar-refractivity contribution in [2.45, 2.75) is 18.4 Å². The third-order valence-electron chi connectivity index (χ3n) is 4.52. The molecular formula is C17H17BFN2O7P. The molecule has 1 heterocycles. The van der Waals surface area contributed by atoms with Gasteiger partial charge in [-0.3, -0.25) is 4.79 Å². The molecule has 0 saturated heterocycles. The fraction of sp³-hybridized carbons (Fsp3) is 0.176. The number of aromatic carboxylic acids is 1. The molecule has 9 nitrogen and oxygen atoms in total. The molecule has 29 heavy (non-hydrogen) atoms. The maximum absolute atomic E-state index is 13.8. The minimum atomic E-state index is -2.26. The third kappa shape index (κ3) is 4.39. The first-order valence-corrected chi connectivity index (χ1v) is 9.67. The van der Waals surface area contributed by atoms with Crippen molar-refractivity contribution >= 4 is 32.7 Å². The van der Waals surface area contributed by atoms with Crippen molar-refractivity contribution in [2.24, 2.45) is 5.73 Å². The molecular weight excluding hydrogens is 405 g/mol. The highest BCUT2D eigenvalue weighted by molar-refractivity contribution is 7.54. The highest BCUT2D eigenvalue weighted by atomic mass is 31.2. The molecule has 0 saturated carbocycles. The first kappa shape index (κ1) is 21.2. The number of fused-ring (bicyclic) bond motifs is 1. The lowest BCUT2D eigenvalue weighted by molar-refractivity contribution is -0.122. The average Bonchev–Trinajstić information content (AvgIpc) is 2.67. The Balaban J connectivity index is 1.74. The number of rotatable bonds is 5. The molecule has 152 valence electrons. The Kier molecular flexibility index (Phi) is 6.16. The summed E-state index contributed by atoms with van der Waals surface area (Å²) < 4.78 is 18.9. The molecule has 0 fully saturated rings. The summed E-state index contributed by atoms with van der Waals surface area (Å²) in [5.41, 5.74) is 5.96. The first-order chi connectivity index (χ1) is 13.7. The summed E-state index contributed by atoms with van der Waals surface area (Å²) in [6.07, 6.45) is 0.00771. The fourth-order valence-electron chi connectivity index (χ4n) is 3.00. The second-order valence-electron chi connectivity index (χ2n) is 6.40. The molecule has 3 rings (SSSR count). The second kappa shape index (κ2) is 8.44. The number of hydrogen-bond acceptors (Lipinski definition) is 7. The number of nitrogens with two attached hydrogens (primary N) is 1. The number of benzene rings is 2. The second-order valence-corrected chi connectivity index (χ2v) is 7.50. The van der Waals surface area contributed by atoms with Gasteiger partial charge >= 0.3 is 13.1 Å². The van der Waals surface area contributed by atoms with E-state index in [1.54, 1.807) is 0 Å². The molecule has 0 radical (unpaired) electrons. The molecule has 2 unspecified atom stereocenters. The number of carboxylic acid groups (broad SMARTS) is 1. The summed E-state index contributed by atoms with van der Waals surface area (Å²) >= 11 is 0. The van der Waals surface area contributed by atoms with Gasteiger partial charge in [-0.15, -0.1) is 0 Å². The van der Waals surface area contributed by atoms with Crippen LogP contribution >= 0.6 is 8.38 Å². The van der Waals surface area contributed by atoms with Crippen LogP contribution in [0.3, 0.4) is 0 Å². The van der Waals surface area contributed by atoms with Gasteiger partial charge in [0.25, 0.3) is 0 Å². The van der Waals surface area contributed by atoms with Crippen molar-refractivity contribution in [3.8, 4) is 5.75 Å². The summed E-state index contributed by atoms with van der Waals surface area (Å²) in [4.78, 5) is 42.1. The maximum atomic E-state index is 13.8. The van der Waals surface area contributed by atoms with Gasteiger partial charge in [-0.1, -0.05) is 18.2 Å². The van der Waals surface area contributed by atoms with Crippen LogP contribution in [-0.2, 0) is 11.2 Å². The Labute approximate surface area is 166 Å². The predicted octanol–water partition coefficient (Wildman–Crippen LogP) is -0.415. The molecule has 2 aromatic rings. The van der Waals surface area contributed by atoms with E-state index < -0.39 is 50.7 Å². The summed E-state index contributed by atoms with van der Waals surface area (Å²) in [7, 11) is -3.86. The van der Waals surface area contributed by atoms with Crippen molar-refractivity contribution in [2.75, 3.05) is 0 Å². The number of halogens is 1. The fourth-order valence-corrected chi connectivity index (χ4v) is 3.41. The van der Waals surface area contributed by atoms with Crippen molar-refractivity contribution in [3.05, 3.63) is 58.9 Å². The molecule has 0 bridgehead atoms. The standard InChI is InChI=1S/C17H17BFN2O7P/c19-11-6-3-9-7-12(18(25)28-15(9)13(11)17(23)24)21-16(22)14(20)8-1-4-10(5-2-8)29(26)27/h1-6,12,14,25-27H,7,20H2,(H,21,22)(H,23,24). The lowest BCUT2D eigenvalue weighted by Crippen LogP contribution is -2.54. The molecule has 0 aromatic heterocycles. The summed E-state index contributed by atoms with van der Waals surface area (Å²) in [6.45, 7) is 0. The van der Waals surface area contributed by atoms with E-state index >= 15 is 0 Å². The van der Waals surface area contributed by atoms with Crippen molar-refractivity contribution < 1.29 is 38.6 Å². The van der Waals surface area contributed by atoms with E-state index in [0.717, 1.165) is 6.07 Å². The number of nitrogens with one attached hydrogen (secondary N) is 1. The number of hydrogen-bond donors (Lipinski definition) is 6. The lowest BCUT2D eigenvalue weighted by atomic mass is 9.72. The van der Waals surface area contributed by atoms with Crippen LogP contribution in [0, 0.1) is 5.82 Å². The Morgan fingerprint density at radius 3 is 2.48 bits per heavy atom. The largest absolute Gasteiger partial charge is 0.547 e. The highest BCUT2D eigenvalue weighted by Crippen LogP contribution is 2.32. The predicted molar refractivity (Wildman–Crippen MR) is 102 cm³/mol. The van der Waals surface area contributed by atoms with Crippen LogP contribution in [0.2, 0.25) is 0 Å². The van der Waals surface area contributed by atoms with Gasteiger partial charge < -0.3 is 35.6 Å². The summed E-state index contributed by atoms with van der Waals surface area (Å²) in [5.74, 6) is -4.38. The van der Waals surface area contributed by atoms with Crippen molar-refractivity contribution in [1.82, 2.24) is 5.32 Å². The van der Waals surface area contributed by atoms with Gasteiger partial charge in [0.15, 0.2) is 8.38 Å². The number of carbonyl (C=O) groups is 2. The Morgan fingerprint density at radius 1 is 1.24 bits per heavy atom. The molecule has 1 aliphatic rings. The Morgan fingerprint density at radius 2 is 1.90 bits per heavy atom. The van der Waals surface area contributed by atoms with Gasteiger partial charge in [0.2, 0.25) is 5.91 Å². The first-order valence-electron chi connectivity index (χ1n) is 8.42. The zero-order chi connectivity index (χ0) is 21.3. The monoisotopic (exact) mass is 422 g/mol. The van der Waals surface area contributed by atoms with Crippen LogP contribution in [-0.4, -0.2) is 44.9 Å². The van der Waals surface area contributed by atoms with E-state index in [4.69, 9.17) is 25.3 Å². The molecule has 0 aliphatic carbocycles. The summed E-state index contributed by atoms with van der Waals surface area (Å²) in [5, 5.41) is 22.1. The van der Waals surface area contributed by atoms with Crippen LogP contribution in [0.1, 0.15) is 27.5 Å². The minimum absolute atomic E-state index is 0.00771. The van der Waals surface area contributed by atoms with Crippen LogP contribution in [0.25, 0.3) is 0 Å². The van der Waals surface area contributed by atoms with Crippen molar-refractivity contribution in [3.63, 3.8) is 0 Å². The number of carbonyl (C=O) groups excluding carboxylic acids is 1. The molecule has 1 amide bonds. The quantitative estimate of drug-likeness (QED) is 0.280. The lowest BCUT2D eigenvalue weighted by Gasteiger charge is -2.29. The van der Waals surface area contributed by atoms with E-state index in [9.17, 15) is 19.0 Å². The molecule has 2 aromatic carbocycles. The minimum Gasteiger partial charge on any atom is -0.534 e. The molecule has 1 aliphatic heterocycles. The smallest absolute Gasteiger partial charge is 0.534 e.